The Balaban J connectivity index is 1.32. The average Bonchev–Trinajstić information content (AvgIpc) is 3.22. The number of nitrogens with zero attached hydrogens (tertiary/aromatic N) is 6. The van der Waals surface area contributed by atoms with E-state index in [9.17, 15) is 4.79 Å². The van der Waals surface area contributed by atoms with Crippen LogP contribution in [0.15, 0.2) is 36.5 Å². The molecule has 1 spiro atoms. The number of piperazine rings is 1. The highest BCUT2D eigenvalue weighted by molar-refractivity contribution is 5.87. The molecule has 0 bridgehead atoms. The summed E-state index contributed by atoms with van der Waals surface area (Å²) in [5.41, 5.74) is 4.35. The monoisotopic (exact) mass is 503 g/mol. The highest BCUT2D eigenvalue weighted by Gasteiger charge is 2.46. The van der Waals surface area contributed by atoms with Crippen molar-refractivity contribution in [1.82, 2.24) is 30.0 Å². The van der Waals surface area contributed by atoms with Gasteiger partial charge in [0.05, 0.1) is 18.3 Å². The van der Waals surface area contributed by atoms with Crippen molar-refractivity contribution in [3.05, 3.63) is 53.6 Å². The Bertz CT molecular complexity index is 1260. The molecule has 0 unspecified atom stereocenters. The molecule has 1 aromatic carbocycles. The van der Waals surface area contributed by atoms with Gasteiger partial charge in [-0.1, -0.05) is 12.1 Å². The molecule has 37 heavy (non-hydrogen) atoms. The van der Waals surface area contributed by atoms with E-state index in [-0.39, 0.29) is 12.0 Å². The van der Waals surface area contributed by atoms with Gasteiger partial charge in [-0.05, 0) is 64.3 Å². The van der Waals surface area contributed by atoms with Crippen molar-refractivity contribution in [2.24, 2.45) is 7.05 Å². The number of amides is 1. The SMILES string of the molecule is Cc1cc(C)nc(N2CCC3(CC2)NCCN(Cc2nn(C)cc2-c2cccc(OC(C)C)c2)C3=O)n1. The van der Waals surface area contributed by atoms with E-state index >= 15 is 0 Å². The number of benzene rings is 1. The molecule has 0 saturated carbocycles. The van der Waals surface area contributed by atoms with Gasteiger partial charge in [0, 0.05) is 56.4 Å². The van der Waals surface area contributed by atoms with Gasteiger partial charge in [0.25, 0.3) is 0 Å². The second-order valence-corrected chi connectivity index (χ2v) is 10.5. The first kappa shape index (κ1) is 25.2. The lowest BCUT2D eigenvalue weighted by atomic mass is 9.84. The number of hydrogen-bond acceptors (Lipinski definition) is 7. The molecular weight excluding hydrogens is 466 g/mol. The number of anilines is 1. The van der Waals surface area contributed by atoms with Gasteiger partial charge in [0.2, 0.25) is 11.9 Å². The molecule has 2 saturated heterocycles. The lowest BCUT2D eigenvalue weighted by molar-refractivity contribution is -0.143. The highest BCUT2D eigenvalue weighted by Crippen LogP contribution is 2.32. The van der Waals surface area contributed by atoms with E-state index in [0.717, 1.165) is 72.4 Å². The molecule has 3 aromatic rings. The standard InChI is InChI=1S/C28H37N7O2/c1-19(2)37-23-8-6-7-22(16-23)24-17-33(5)32-25(24)18-35-14-11-29-28(26(35)36)9-12-34(13-10-28)27-30-20(3)15-21(4)31-27/h6-8,15-17,19,29H,9-14,18H2,1-5H3. The molecule has 0 atom stereocenters. The third kappa shape index (κ3) is 5.32. The van der Waals surface area contributed by atoms with E-state index < -0.39 is 5.54 Å². The van der Waals surface area contributed by atoms with Gasteiger partial charge in [0.15, 0.2) is 0 Å². The molecule has 196 valence electrons. The second kappa shape index (κ2) is 10.1. The smallest absolute Gasteiger partial charge is 0.243 e. The number of hydrogen-bond donors (Lipinski definition) is 1. The number of ether oxygens (including phenoxy) is 1. The van der Waals surface area contributed by atoms with Crippen LogP contribution in [0.25, 0.3) is 11.1 Å². The minimum Gasteiger partial charge on any atom is -0.491 e. The molecule has 2 aromatic heterocycles. The van der Waals surface area contributed by atoms with Crippen LogP contribution >= 0.6 is 0 Å². The zero-order chi connectivity index (χ0) is 26.2. The van der Waals surface area contributed by atoms with Crippen molar-refractivity contribution in [2.75, 3.05) is 31.1 Å². The fourth-order valence-electron chi connectivity index (χ4n) is 5.47. The summed E-state index contributed by atoms with van der Waals surface area (Å²) < 4.78 is 7.73. The third-order valence-electron chi connectivity index (χ3n) is 7.17. The molecule has 2 aliphatic rings. The molecule has 0 radical (unpaired) electrons. The fourth-order valence-corrected chi connectivity index (χ4v) is 5.47. The number of rotatable bonds is 6. The Hall–Kier alpha value is -3.46. The highest BCUT2D eigenvalue weighted by atomic mass is 16.5. The van der Waals surface area contributed by atoms with Crippen molar-refractivity contribution in [2.45, 2.75) is 58.7 Å². The number of aromatic nitrogens is 4. The zero-order valence-corrected chi connectivity index (χ0v) is 22.5. The van der Waals surface area contributed by atoms with Crippen molar-refractivity contribution < 1.29 is 9.53 Å². The Labute approximate surface area is 218 Å². The molecule has 0 aliphatic carbocycles. The maximum atomic E-state index is 13.8. The summed E-state index contributed by atoms with van der Waals surface area (Å²) in [6, 6.07) is 10.1. The van der Waals surface area contributed by atoms with Crippen LogP contribution in [0.3, 0.4) is 0 Å². The van der Waals surface area contributed by atoms with Crippen LogP contribution in [-0.4, -0.2) is 68.4 Å². The quantitative estimate of drug-likeness (QED) is 0.552. The average molecular weight is 504 g/mol. The first-order valence-corrected chi connectivity index (χ1v) is 13.1. The van der Waals surface area contributed by atoms with Crippen molar-refractivity contribution in [1.29, 1.82) is 0 Å². The number of aryl methyl sites for hydroxylation is 3. The summed E-state index contributed by atoms with van der Waals surface area (Å²) in [7, 11) is 1.92. The Morgan fingerprint density at radius 1 is 1.08 bits per heavy atom. The van der Waals surface area contributed by atoms with Crippen LogP contribution in [-0.2, 0) is 18.4 Å². The minimum atomic E-state index is -0.548. The molecule has 1 amide bonds. The Kier molecular flexibility index (Phi) is 6.90. The first-order chi connectivity index (χ1) is 17.7. The third-order valence-corrected chi connectivity index (χ3v) is 7.17. The minimum absolute atomic E-state index is 0.103. The first-order valence-electron chi connectivity index (χ1n) is 13.1. The molecule has 9 heteroatoms. The van der Waals surface area contributed by atoms with Gasteiger partial charge in [-0.15, -0.1) is 0 Å². The zero-order valence-electron chi connectivity index (χ0n) is 22.5. The summed E-state index contributed by atoms with van der Waals surface area (Å²) >= 11 is 0. The van der Waals surface area contributed by atoms with Crippen molar-refractivity contribution in [3.63, 3.8) is 0 Å². The van der Waals surface area contributed by atoms with Crippen LogP contribution in [0.2, 0.25) is 0 Å². The lowest BCUT2D eigenvalue weighted by Gasteiger charge is -2.47. The molecule has 2 fully saturated rings. The van der Waals surface area contributed by atoms with Crippen LogP contribution in [0, 0.1) is 13.8 Å². The van der Waals surface area contributed by atoms with Gasteiger partial charge in [0.1, 0.15) is 11.3 Å². The van der Waals surface area contributed by atoms with Gasteiger partial charge in [-0.3, -0.25) is 9.48 Å². The largest absolute Gasteiger partial charge is 0.491 e. The summed E-state index contributed by atoms with van der Waals surface area (Å²) in [6.45, 7) is 11.4. The Morgan fingerprint density at radius 3 is 2.51 bits per heavy atom. The second-order valence-electron chi connectivity index (χ2n) is 10.5. The number of piperidine rings is 1. The van der Waals surface area contributed by atoms with E-state index in [0.29, 0.717) is 13.1 Å². The van der Waals surface area contributed by atoms with Gasteiger partial charge in [-0.25, -0.2) is 9.97 Å². The van der Waals surface area contributed by atoms with E-state index in [4.69, 9.17) is 9.84 Å². The Morgan fingerprint density at radius 2 is 1.81 bits per heavy atom. The lowest BCUT2D eigenvalue weighted by Crippen LogP contribution is -2.67. The molecule has 5 rings (SSSR count). The molecule has 2 aliphatic heterocycles. The normalized spacial score (nSPS) is 17.6. The number of nitrogens with one attached hydrogen (secondary N) is 1. The van der Waals surface area contributed by atoms with Crippen molar-refractivity contribution >= 4 is 11.9 Å². The molecule has 1 N–H and O–H groups in total. The van der Waals surface area contributed by atoms with Crippen LogP contribution < -0.4 is 15.0 Å². The predicted octanol–water partition coefficient (Wildman–Crippen LogP) is 3.25. The topological polar surface area (TPSA) is 88.4 Å². The van der Waals surface area contributed by atoms with Gasteiger partial charge >= 0.3 is 0 Å². The fraction of sp³-hybridized carbons (Fsp3) is 0.500. The van der Waals surface area contributed by atoms with Crippen LogP contribution in [0.4, 0.5) is 5.95 Å². The number of carbonyl (C=O) groups is 1. The van der Waals surface area contributed by atoms with Crippen molar-refractivity contribution in [3.8, 4) is 16.9 Å². The summed E-state index contributed by atoms with van der Waals surface area (Å²) in [5, 5.41) is 8.32. The van der Waals surface area contributed by atoms with E-state index in [1.807, 2.05) is 74.8 Å². The van der Waals surface area contributed by atoms with E-state index in [1.165, 1.54) is 0 Å². The number of carbonyl (C=O) groups excluding carboxylic acids is 1. The predicted molar refractivity (Wildman–Crippen MR) is 144 cm³/mol. The maximum Gasteiger partial charge on any atom is 0.243 e. The summed E-state index contributed by atoms with van der Waals surface area (Å²) in [5.74, 6) is 1.75. The van der Waals surface area contributed by atoms with Gasteiger partial charge < -0.3 is 19.9 Å². The molecule has 4 heterocycles. The summed E-state index contributed by atoms with van der Waals surface area (Å²) in [6.07, 6.45) is 3.57. The van der Waals surface area contributed by atoms with Crippen LogP contribution in [0.1, 0.15) is 43.8 Å². The maximum absolute atomic E-state index is 13.8. The van der Waals surface area contributed by atoms with E-state index in [2.05, 4.69) is 26.3 Å². The summed E-state index contributed by atoms with van der Waals surface area (Å²) in [4.78, 5) is 27.3. The van der Waals surface area contributed by atoms with Crippen LogP contribution in [0.5, 0.6) is 5.75 Å². The molecule has 9 nitrogen and oxygen atoms in total. The molecular formula is C28H37N7O2. The van der Waals surface area contributed by atoms with E-state index in [1.54, 1.807) is 0 Å². The van der Waals surface area contributed by atoms with Gasteiger partial charge in [-0.2, -0.15) is 5.10 Å².